The van der Waals surface area contributed by atoms with Gasteiger partial charge in [0, 0.05) is 13.1 Å². The Morgan fingerprint density at radius 1 is 1.50 bits per heavy atom. The quantitative estimate of drug-likeness (QED) is 0.623. The number of nitriles is 1. The summed E-state index contributed by atoms with van der Waals surface area (Å²) in [6.07, 6.45) is 2.08. The average molecular weight is 218 g/mol. The molecule has 0 aliphatic heterocycles. The molecule has 16 heavy (non-hydrogen) atoms. The minimum absolute atomic E-state index is 0.0986. The summed E-state index contributed by atoms with van der Waals surface area (Å²) in [5.74, 6) is -0.462. The van der Waals surface area contributed by atoms with Crippen LogP contribution < -0.4 is 5.32 Å². The van der Waals surface area contributed by atoms with E-state index in [2.05, 4.69) is 11.4 Å². The van der Waals surface area contributed by atoms with Crippen LogP contribution in [0.4, 0.5) is 4.39 Å². The number of rotatable bonds is 4. The number of hydrogen-bond donors (Lipinski definition) is 1. The molecule has 0 unspecified atom stereocenters. The molecule has 1 N–H and O–H groups in total. The Morgan fingerprint density at radius 2 is 2.25 bits per heavy atom. The third-order valence-electron chi connectivity index (χ3n) is 2.13. The van der Waals surface area contributed by atoms with Gasteiger partial charge in [-0.25, -0.2) is 4.39 Å². The standard InChI is InChI=1S/C13H15FN2/c1-10(2)5-6-16-9-11-3-4-13(14)12(7-11)8-15/h3-5,7,16H,6,9H2,1-2H3. The molecule has 0 aliphatic rings. The van der Waals surface area contributed by atoms with E-state index in [1.165, 1.54) is 11.6 Å². The summed E-state index contributed by atoms with van der Waals surface area (Å²) in [5.41, 5.74) is 2.27. The molecule has 0 spiro atoms. The van der Waals surface area contributed by atoms with E-state index in [0.29, 0.717) is 6.54 Å². The van der Waals surface area contributed by atoms with Crippen molar-refractivity contribution in [2.75, 3.05) is 6.54 Å². The number of halogens is 1. The second kappa shape index (κ2) is 6.04. The lowest BCUT2D eigenvalue weighted by Gasteiger charge is -2.03. The molecule has 2 nitrogen and oxygen atoms in total. The summed E-state index contributed by atoms with van der Waals surface area (Å²) in [7, 11) is 0. The highest BCUT2D eigenvalue weighted by atomic mass is 19.1. The zero-order valence-corrected chi connectivity index (χ0v) is 9.55. The first-order chi connectivity index (χ1) is 7.63. The van der Waals surface area contributed by atoms with Crippen LogP contribution in [-0.4, -0.2) is 6.54 Å². The molecule has 0 fully saturated rings. The summed E-state index contributed by atoms with van der Waals surface area (Å²) >= 11 is 0. The third kappa shape index (κ3) is 3.84. The Morgan fingerprint density at radius 3 is 2.88 bits per heavy atom. The van der Waals surface area contributed by atoms with Gasteiger partial charge in [0.1, 0.15) is 11.9 Å². The zero-order valence-electron chi connectivity index (χ0n) is 9.55. The van der Waals surface area contributed by atoms with E-state index < -0.39 is 5.82 Å². The lowest BCUT2D eigenvalue weighted by atomic mass is 10.1. The first kappa shape index (κ1) is 12.4. The molecule has 0 saturated carbocycles. The van der Waals surface area contributed by atoms with E-state index >= 15 is 0 Å². The Labute approximate surface area is 95.4 Å². The van der Waals surface area contributed by atoms with Crippen LogP contribution in [0.2, 0.25) is 0 Å². The normalized spacial score (nSPS) is 9.62. The van der Waals surface area contributed by atoms with Crippen molar-refractivity contribution in [1.82, 2.24) is 5.32 Å². The van der Waals surface area contributed by atoms with Crippen LogP contribution in [0.25, 0.3) is 0 Å². The fraction of sp³-hybridized carbons (Fsp3) is 0.308. The molecular formula is C13H15FN2. The summed E-state index contributed by atoms with van der Waals surface area (Å²) in [6, 6.07) is 6.42. The van der Waals surface area contributed by atoms with Crippen molar-refractivity contribution in [2.24, 2.45) is 0 Å². The van der Waals surface area contributed by atoms with Crippen LogP contribution in [0, 0.1) is 17.1 Å². The molecule has 0 amide bonds. The summed E-state index contributed by atoms with van der Waals surface area (Å²) in [5, 5.41) is 11.9. The third-order valence-corrected chi connectivity index (χ3v) is 2.13. The van der Waals surface area contributed by atoms with Crippen LogP contribution in [0.15, 0.2) is 29.8 Å². The lowest BCUT2D eigenvalue weighted by molar-refractivity contribution is 0.622. The van der Waals surface area contributed by atoms with Crippen molar-refractivity contribution in [1.29, 1.82) is 5.26 Å². The van der Waals surface area contributed by atoms with E-state index in [1.54, 1.807) is 12.1 Å². The van der Waals surface area contributed by atoms with Crippen molar-refractivity contribution in [3.05, 3.63) is 46.8 Å². The molecule has 1 rings (SSSR count). The van der Waals surface area contributed by atoms with Gasteiger partial charge in [0.15, 0.2) is 0 Å². The summed E-state index contributed by atoms with van der Waals surface area (Å²) < 4.78 is 13.0. The van der Waals surface area contributed by atoms with E-state index in [9.17, 15) is 4.39 Å². The van der Waals surface area contributed by atoms with Gasteiger partial charge in [-0.1, -0.05) is 17.7 Å². The van der Waals surface area contributed by atoms with Gasteiger partial charge < -0.3 is 5.32 Å². The first-order valence-electron chi connectivity index (χ1n) is 5.16. The SMILES string of the molecule is CC(C)=CCNCc1ccc(F)c(C#N)c1. The van der Waals surface area contributed by atoms with E-state index in [0.717, 1.165) is 12.1 Å². The van der Waals surface area contributed by atoms with Crippen molar-refractivity contribution >= 4 is 0 Å². The van der Waals surface area contributed by atoms with Gasteiger partial charge >= 0.3 is 0 Å². The topological polar surface area (TPSA) is 35.8 Å². The van der Waals surface area contributed by atoms with Gasteiger partial charge in [0.2, 0.25) is 0 Å². The van der Waals surface area contributed by atoms with Crippen molar-refractivity contribution in [3.63, 3.8) is 0 Å². The van der Waals surface area contributed by atoms with Gasteiger partial charge in [0.25, 0.3) is 0 Å². The number of nitrogens with zero attached hydrogens (tertiary/aromatic N) is 1. The first-order valence-corrected chi connectivity index (χ1v) is 5.16. The molecule has 0 atom stereocenters. The Balaban J connectivity index is 2.56. The van der Waals surface area contributed by atoms with Crippen LogP contribution in [0.1, 0.15) is 25.0 Å². The van der Waals surface area contributed by atoms with Gasteiger partial charge in [-0.3, -0.25) is 0 Å². The monoisotopic (exact) mass is 218 g/mol. The molecule has 84 valence electrons. The van der Waals surface area contributed by atoms with Crippen molar-refractivity contribution in [2.45, 2.75) is 20.4 Å². The maximum atomic E-state index is 13.0. The van der Waals surface area contributed by atoms with E-state index in [-0.39, 0.29) is 5.56 Å². The fourth-order valence-corrected chi connectivity index (χ4v) is 1.26. The van der Waals surface area contributed by atoms with E-state index in [1.807, 2.05) is 19.9 Å². The van der Waals surface area contributed by atoms with Gasteiger partial charge in [-0.2, -0.15) is 5.26 Å². The number of nitrogens with one attached hydrogen (secondary N) is 1. The molecule has 0 radical (unpaired) electrons. The average Bonchev–Trinajstić information content (AvgIpc) is 2.26. The molecule has 0 aromatic heterocycles. The predicted molar refractivity (Wildman–Crippen MR) is 62.3 cm³/mol. The predicted octanol–water partition coefficient (Wildman–Crippen LogP) is 2.75. The Kier molecular flexibility index (Phi) is 4.68. The maximum absolute atomic E-state index is 13.0. The highest BCUT2D eigenvalue weighted by Crippen LogP contribution is 2.09. The van der Waals surface area contributed by atoms with Crippen LogP contribution in [0.3, 0.4) is 0 Å². The smallest absolute Gasteiger partial charge is 0.140 e. The molecule has 1 aromatic rings. The minimum atomic E-state index is -0.462. The Bertz CT molecular complexity index is 426. The maximum Gasteiger partial charge on any atom is 0.140 e. The fourth-order valence-electron chi connectivity index (χ4n) is 1.26. The van der Waals surface area contributed by atoms with Crippen LogP contribution in [0.5, 0.6) is 0 Å². The van der Waals surface area contributed by atoms with Crippen molar-refractivity contribution in [3.8, 4) is 6.07 Å². The second-order valence-corrected chi connectivity index (χ2v) is 3.84. The van der Waals surface area contributed by atoms with Crippen molar-refractivity contribution < 1.29 is 4.39 Å². The number of allylic oxidation sites excluding steroid dienone is 1. The van der Waals surface area contributed by atoms with E-state index in [4.69, 9.17) is 5.26 Å². The molecule has 0 aliphatic carbocycles. The molecular weight excluding hydrogens is 203 g/mol. The molecule has 0 saturated heterocycles. The molecule has 0 bridgehead atoms. The number of hydrogen-bond acceptors (Lipinski definition) is 2. The minimum Gasteiger partial charge on any atom is -0.309 e. The van der Waals surface area contributed by atoms with Gasteiger partial charge in [-0.15, -0.1) is 0 Å². The highest BCUT2D eigenvalue weighted by molar-refractivity contribution is 5.34. The zero-order chi connectivity index (χ0) is 12.0. The summed E-state index contributed by atoms with van der Waals surface area (Å²) in [6.45, 7) is 5.49. The number of benzene rings is 1. The summed E-state index contributed by atoms with van der Waals surface area (Å²) in [4.78, 5) is 0. The largest absolute Gasteiger partial charge is 0.309 e. The molecule has 0 heterocycles. The van der Waals surface area contributed by atoms with Gasteiger partial charge in [-0.05, 0) is 31.5 Å². The highest BCUT2D eigenvalue weighted by Gasteiger charge is 2.01. The van der Waals surface area contributed by atoms with Gasteiger partial charge in [0.05, 0.1) is 5.56 Å². The molecule has 3 heteroatoms. The Hall–Kier alpha value is -1.66. The molecule has 1 aromatic carbocycles. The van der Waals surface area contributed by atoms with Crippen LogP contribution in [-0.2, 0) is 6.54 Å². The second-order valence-electron chi connectivity index (χ2n) is 3.84. The lowest BCUT2D eigenvalue weighted by Crippen LogP contribution is -2.13. The van der Waals surface area contributed by atoms with Crippen LogP contribution >= 0.6 is 0 Å².